The Morgan fingerprint density at radius 2 is 1.93 bits per heavy atom. The molecule has 0 aliphatic carbocycles. The lowest BCUT2D eigenvalue weighted by molar-refractivity contribution is -0.141. The molecule has 0 saturated carbocycles. The quantitative estimate of drug-likeness (QED) is 0.477. The number of allylic oxidation sites excluding steroid dienone is 2. The summed E-state index contributed by atoms with van der Waals surface area (Å²) in [6, 6.07) is 0. The third-order valence-corrected chi connectivity index (χ3v) is 2.42. The third kappa shape index (κ3) is 7.84. The first-order valence-corrected chi connectivity index (χ1v) is 5.52. The monoisotopic (exact) mass is 198 g/mol. The van der Waals surface area contributed by atoms with E-state index in [1.165, 1.54) is 12.8 Å². The van der Waals surface area contributed by atoms with E-state index in [-0.39, 0.29) is 5.92 Å². The van der Waals surface area contributed by atoms with E-state index in [9.17, 15) is 4.79 Å². The van der Waals surface area contributed by atoms with Gasteiger partial charge in [-0.25, -0.2) is 0 Å². The van der Waals surface area contributed by atoms with Crippen LogP contribution >= 0.6 is 0 Å². The Hall–Kier alpha value is -0.790. The molecule has 2 heteroatoms. The van der Waals surface area contributed by atoms with Crippen molar-refractivity contribution >= 4 is 5.97 Å². The lowest BCUT2D eigenvalue weighted by Crippen LogP contribution is -2.08. The van der Waals surface area contributed by atoms with E-state index in [1.54, 1.807) is 6.92 Å². The molecule has 14 heavy (non-hydrogen) atoms. The van der Waals surface area contributed by atoms with Gasteiger partial charge in [0.15, 0.2) is 0 Å². The molecule has 0 heterocycles. The molecule has 0 saturated heterocycles. The van der Waals surface area contributed by atoms with E-state index in [4.69, 9.17) is 5.11 Å². The van der Waals surface area contributed by atoms with Gasteiger partial charge < -0.3 is 5.11 Å². The lowest BCUT2D eigenvalue weighted by Gasteiger charge is -2.04. The van der Waals surface area contributed by atoms with E-state index >= 15 is 0 Å². The molecule has 1 unspecified atom stereocenters. The first-order chi connectivity index (χ1) is 6.68. The Bertz CT molecular complexity index is 173. The van der Waals surface area contributed by atoms with Crippen molar-refractivity contribution in [1.82, 2.24) is 0 Å². The van der Waals surface area contributed by atoms with Crippen molar-refractivity contribution in [2.45, 2.75) is 52.4 Å². The molecule has 0 radical (unpaired) electrons. The summed E-state index contributed by atoms with van der Waals surface area (Å²) in [5, 5.41) is 8.65. The van der Waals surface area contributed by atoms with Crippen molar-refractivity contribution in [3.63, 3.8) is 0 Å². The predicted molar refractivity (Wildman–Crippen MR) is 59.3 cm³/mol. The highest BCUT2D eigenvalue weighted by Crippen LogP contribution is 2.11. The Labute approximate surface area is 87.0 Å². The predicted octanol–water partition coefficient (Wildman–Crippen LogP) is 3.62. The van der Waals surface area contributed by atoms with Gasteiger partial charge in [-0.05, 0) is 26.2 Å². The van der Waals surface area contributed by atoms with Crippen molar-refractivity contribution < 1.29 is 9.90 Å². The number of rotatable bonds is 8. The van der Waals surface area contributed by atoms with Crippen LogP contribution in [0.5, 0.6) is 0 Å². The first kappa shape index (κ1) is 13.2. The number of aliphatic carboxylic acids is 1. The number of hydrogen-bond donors (Lipinski definition) is 1. The van der Waals surface area contributed by atoms with Gasteiger partial charge in [0.1, 0.15) is 0 Å². The Morgan fingerprint density at radius 3 is 2.50 bits per heavy atom. The van der Waals surface area contributed by atoms with Gasteiger partial charge in [0.05, 0.1) is 5.92 Å². The van der Waals surface area contributed by atoms with Crippen LogP contribution in [0.1, 0.15) is 52.4 Å². The van der Waals surface area contributed by atoms with Gasteiger partial charge in [0, 0.05) is 0 Å². The molecule has 1 atom stereocenters. The maximum atomic E-state index is 10.5. The zero-order chi connectivity index (χ0) is 10.8. The maximum absolute atomic E-state index is 10.5. The molecular formula is C12H22O2. The third-order valence-electron chi connectivity index (χ3n) is 2.42. The maximum Gasteiger partial charge on any atom is 0.306 e. The number of carbonyl (C=O) groups is 1. The fourth-order valence-corrected chi connectivity index (χ4v) is 1.36. The second-order valence-corrected chi connectivity index (χ2v) is 3.80. The highest BCUT2D eigenvalue weighted by atomic mass is 16.4. The highest BCUT2D eigenvalue weighted by molar-refractivity contribution is 5.69. The van der Waals surface area contributed by atoms with Crippen LogP contribution in [0.2, 0.25) is 0 Å². The molecule has 0 fully saturated rings. The summed E-state index contributed by atoms with van der Waals surface area (Å²) in [5.41, 5.74) is 0. The normalized spacial score (nSPS) is 13.3. The summed E-state index contributed by atoms with van der Waals surface area (Å²) < 4.78 is 0. The molecule has 2 nitrogen and oxygen atoms in total. The van der Waals surface area contributed by atoms with Crippen molar-refractivity contribution in [3.8, 4) is 0 Å². The fraction of sp³-hybridized carbons (Fsp3) is 0.750. The van der Waals surface area contributed by atoms with Gasteiger partial charge in [-0.1, -0.05) is 38.3 Å². The minimum absolute atomic E-state index is 0.175. The number of carboxylic acids is 1. The van der Waals surface area contributed by atoms with Crippen LogP contribution in [0.3, 0.4) is 0 Å². The van der Waals surface area contributed by atoms with E-state index in [1.807, 2.05) is 6.92 Å². The lowest BCUT2D eigenvalue weighted by atomic mass is 10.0. The summed E-state index contributed by atoms with van der Waals surface area (Å²) in [6.45, 7) is 3.82. The van der Waals surface area contributed by atoms with Crippen LogP contribution in [0.25, 0.3) is 0 Å². The van der Waals surface area contributed by atoms with Crippen molar-refractivity contribution in [2.75, 3.05) is 0 Å². The van der Waals surface area contributed by atoms with Crippen LogP contribution < -0.4 is 0 Å². The first-order valence-electron chi connectivity index (χ1n) is 5.52. The SMILES string of the molecule is C/C=C/CCCCCCC(C)C(=O)O. The number of hydrogen-bond acceptors (Lipinski definition) is 1. The van der Waals surface area contributed by atoms with Gasteiger partial charge in [0.25, 0.3) is 0 Å². The average molecular weight is 198 g/mol. The number of unbranched alkanes of at least 4 members (excludes halogenated alkanes) is 4. The van der Waals surface area contributed by atoms with Crippen LogP contribution in [0.4, 0.5) is 0 Å². The van der Waals surface area contributed by atoms with Crippen LogP contribution in [-0.4, -0.2) is 11.1 Å². The van der Waals surface area contributed by atoms with Gasteiger partial charge in [-0.15, -0.1) is 0 Å². The van der Waals surface area contributed by atoms with Crippen LogP contribution in [-0.2, 0) is 4.79 Å². The summed E-state index contributed by atoms with van der Waals surface area (Å²) in [6.07, 6.45) is 10.9. The van der Waals surface area contributed by atoms with E-state index < -0.39 is 5.97 Å². The summed E-state index contributed by atoms with van der Waals surface area (Å²) >= 11 is 0. The van der Waals surface area contributed by atoms with Crippen molar-refractivity contribution in [3.05, 3.63) is 12.2 Å². The molecule has 1 N–H and O–H groups in total. The minimum atomic E-state index is -0.668. The molecule has 0 aliphatic rings. The molecule has 0 aromatic carbocycles. The van der Waals surface area contributed by atoms with E-state index in [0.717, 1.165) is 25.7 Å². The topological polar surface area (TPSA) is 37.3 Å². The zero-order valence-electron chi connectivity index (χ0n) is 9.33. The van der Waals surface area contributed by atoms with Gasteiger partial charge in [-0.3, -0.25) is 4.79 Å². The Morgan fingerprint density at radius 1 is 1.29 bits per heavy atom. The summed E-state index contributed by atoms with van der Waals surface area (Å²) in [4.78, 5) is 10.5. The largest absolute Gasteiger partial charge is 0.481 e. The average Bonchev–Trinajstić information content (AvgIpc) is 2.16. The van der Waals surface area contributed by atoms with Crippen molar-refractivity contribution in [2.24, 2.45) is 5.92 Å². The Balaban J connectivity index is 3.17. The van der Waals surface area contributed by atoms with Gasteiger partial charge in [0.2, 0.25) is 0 Å². The molecule has 0 rings (SSSR count). The molecule has 82 valence electrons. The smallest absolute Gasteiger partial charge is 0.306 e. The zero-order valence-corrected chi connectivity index (χ0v) is 9.33. The molecule has 0 aromatic rings. The van der Waals surface area contributed by atoms with E-state index in [0.29, 0.717) is 0 Å². The minimum Gasteiger partial charge on any atom is -0.481 e. The van der Waals surface area contributed by atoms with Gasteiger partial charge in [-0.2, -0.15) is 0 Å². The van der Waals surface area contributed by atoms with Crippen LogP contribution in [0.15, 0.2) is 12.2 Å². The Kier molecular flexibility index (Phi) is 8.30. The fourth-order valence-electron chi connectivity index (χ4n) is 1.36. The molecule has 0 amide bonds. The molecular weight excluding hydrogens is 176 g/mol. The summed E-state index contributed by atoms with van der Waals surface area (Å²) in [7, 11) is 0. The molecule has 0 aliphatic heterocycles. The molecule has 0 spiro atoms. The standard InChI is InChI=1S/C12H22O2/c1-3-4-5-6-7-8-9-10-11(2)12(13)14/h3-4,11H,5-10H2,1-2H3,(H,13,14)/b4-3+. The van der Waals surface area contributed by atoms with Gasteiger partial charge >= 0.3 is 5.97 Å². The van der Waals surface area contributed by atoms with E-state index in [2.05, 4.69) is 12.2 Å². The van der Waals surface area contributed by atoms with Crippen LogP contribution in [0, 0.1) is 5.92 Å². The second kappa shape index (κ2) is 8.79. The highest BCUT2D eigenvalue weighted by Gasteiger charge is 2.08. The van der Waals surface area contributed by atoms with Crippen molar-refractivity contribution in [1.29, 1.82) is 0 Å². The summed E-state index contributed by atoms with van der Waals surface area (Å²) in [5.74, 6) is -0.843. The molecule has 0 bridgehead atoms. The second-order valence-electron chi connectivity index (χ2n) is 3.80. The number of carboxylic acid groups (broad SMARTS) is 1. The molecule has 0 aromatic heterocycles.